The number of ether oxygens (including phenoxy) is 4. The molecule has 3 rings (SSSR count). The summed E-state index contributed by atoms with van der Waals surface area (Å²) in [5, 5.41) is 0. The van der Waals surface area contributed by atoms with Gasteiger partial charge in [0, 0.05) is 5.92 Å². The normalized spacial score (nSPS) is 24.4. The SMILES string of the molecule is COC(=O)C1OCC(OC(=O)c2ccccc2)C(OCc2ccccc2)C1C. The van der Waals surface area contributed by atoms with E-state index < -0.39 is 30.3 Å². The van der Waals surface area contributed by atoms with Gasteiger partial charge in [0.1, 0.15) is 6.10 Å². The summed E-state index contributed by atoms with van der Waals surface area (Å²) in [5.74, 6) is -1.27. The van der Waals surface area contributed by atoms with Gasteiger partial charge in [-0.05, 0) is 17.7 Å². The highest BCUT2D eigenvalue weighted by atomic mass is 16.6. The van der Waals surface area contributed by atoms with Crippen LogP contribution in [-0.4, -0.2) is 44.0 Å². The van der Waals surface area contributed by atoms with Crippen molar-refractivity contribution in [3.05, 3.63) is 71.8 Å². The first-order valence-electron chi connectivity index (χ1n) is 9.21. The van der Waals surface area contributed by atoms with Crippen LogP contribution in [0.15, 0.2) is 60.7 Å². The quantitative estimate of drug-likeness (QED) is 0.713. The van der Waals surface area contributed by atoms with Crippen LogP contribution >= 0.6 is 0 Å². The smallest absolute Gasteiger partial charge is 0.338 e. The molecule has 6 heteroatoms. The van der Waals surface area contributed by atoms with Crippen LogP contribution in [0.2, 0.25) is 0 Å². The van der Waals surface area contributed by atoms with Crippen LogP contribution in [0.1, 0.15) is 22.8 Å². The zero-order valence-electron chi connectivity index (χ0n) is 15.9. The van der Waals surface area contributed by atoms with E-state index in [2.05, 4.69) is 0 Å². The Hall–Kier alpha value is -2.70. The number of carbonyl (C=O) groups is 2. The first-order chi connectivity index (χ1) is 13.6. The summed E-state index contributed by atoms with van der Waals surface area (Å²) in [7, 11) is 1.32. The molecule has 0 aliphatic carbocycles. The Labute approximate surface area is 164 Å². The van der Waals surface area contributed by atoms with Crippen LogP contribution in [0.4, 0.5) is 0 Å². The van der Waals surface area contributed by atoms with Crippen molar-refractivity contribution in [3.8, 4) is 0 Å². The van der Waals surface area contributed by atoms with Crippen molar-refractivity contribution in [1.82, 2.24) is 0 Å². The van der Waals surface area contributed by atoms with Gasteiger partial charge in [0.2, 0.25) is 0 Å². The van der Waals surface area contributed by atoms with E-state index in [1.54, 1.807) is 24.3 Å². The molecule has 4 atom stereocenters. The molecule has 6 nitrogen and oxygen atoms in total. The zero-order chi connectivity index (χ0) is 19.9. The lowest BCUT2D eigenvalue weighted by Crippen LogP contribution is -2.53. The van der Waals surface area contributed by atoms with Crippen LogP contribution in [0.3, 0.4) is 0 Å². The van der Waals surface area contributed by atoms with E-state index >= 15 is 0 Å². The van der Waals surface area contributed by atoms with Gasteiger partial charge in [-0.1, -0.05) is 55.5 Å². The second-order valence-electron chi connectivity index (χ2n) is 6.71. The average Bonchev–Trinajstić information content (AvgIpc) is 2.74. The van der Waals surface area contributed by atoms with E-state index in [1.165, 1.54) is 7.11 Å². The van der Waals surface area contributed by atoms with Crippen LogP contribution in [-0.2, 0) is 30.3 Å². The second kappa shape index (κ2) is 9.48. The number of benzene rings is 2. The second-order valence-corrected chi connectivity index (χ2v) is 6.71. The number of carbonyl (C=O) groups excluding carboxylic acids is 2. The fraction of sp³-hybridized carbons (Fsp3) is 0.364. The van der Waals surface area contributed by atoms with E-state index in [-0.39, 0.29) is 12.5 Å². The van der Waals surface area contributed by atoms with Gasteiger partial charge in [-0.2, -0.15) is 0 Å². The average molecular weight is 384 g/mol. The van der Waals surface area contributed by atoms with Crippen molar-refractivity contribution >= 4 is 11.9 Å². The molecule has 1 aliphatic heterocycles. The summed E-state index contributed by atoms with van der Waals surface area (Å²) >= 11 is 0. The summed E-state index contributed by atoms with van der Waals surface area (Å²) in [4.78, 5) is 24.5. The summed E-state index contributed by atoms with van der Waals surface area (Å²) < 4.78 is 22.2. The van der Waals surface area contributed by atoms with Crippen molar-refractivity contribution in [1.29, 1.82) is 0 Å². The molecule has 1 saturated heterocycles. The minimum atomic E-state index is -0.766. The molecule has 4 unspecified atom stereocenters. The first-order valence-corrected chi connectivity index (χ1v) is 9.21. The topological polar surface area (TPSA) is 71.1 Å². The van der Waals surface area contributed by atoms with E-state index in [4.69, 9.17) is 18.9 Å². The molecular formula is C22H24O6. The standard InChI is InChI=1S/C22H24O6/c1-15-19(26-13-16-9-5-3-6-10-16)18(14-27-20(15)22(24)25-2)28-21(23)17-11-7-4-8-12-17/h3-12,15,18-20H,13-14H2,1-2H3. The fourth-order valence-electron chi connectivity index (χ4n) is 3.26. The van der Waals surface area contributed by atoms with Crippen LogP contribution in [0, 0.1) is 5.92 Å². The molecule has 1 aliphatic rings. The lowest BCUT2D eigenvalue weighted by Gasteiger charge is -2.39. The number of hydrogen-bond acceptors (Lipinski definition) is 6. The monoisotopic (exact) mass is 384 g/mol. The molecule has 2 aromatic rings. The fourth-order valence-corrected chi connectivity index (χ4v) is 3.26. The van der Waals surface area contributed by atoms with Crippen LogP contribution in [0.5, 0.6) is 0 Å². The molecule has 0 N–H and O–H groups in total. The summed E-state index contributed by atoms with van der Waals surface area (Å²) in [6.45, 7) is 2.23. The third-order valence-electron chi connectivity index (χ3n) is 4.79. The molecule has 2 aromatic carbocycles. The highest BCUT2D eigenvalue weighted by Crippen LogP contribution is 2.28. The Kier molecular flexibility index (Phi) is 6.79. The molecule has 0 saturated carbocycles. The Morgan fingerprint density at radius 3 is 2.32 bits per heavy atom. The third-order valence-corrected chi connectivity index (χ3v) is 4.79. The van der Waals surface area contributed by atoms with E-state index in [0.717, 1.165) is 5.56 Å². The minimum absolute atomic E-state index is 0.0577. The Morgan fingerprint density at radius 2 is 1.68 bits per heavy atom. The third kappa shape index (κ3) is 4.77. The van der Waals surface area contributed by atoms with Crippen LogP contribution in [0.25, 0.3) is 0 Å². The number of hydrogen-bond donors (Lipinski definition) is 0. The summed E-state index contributed by atoms with van der Waals surface area (Å²) in [5.41, 5.74) is 1.44. The summed E-state index contributed by atoms with van der Waals surface area (Å²) in [6, 6.07) is 18.4. The van der Waals surface area contributed by atoms with Gasteiger partial charge in [0.15, 0.2) is 12.2 Å². The highest BCUT2D eigenvalue weighted by molar-refractivity contribution is 5.89. The van der Waals surface area contributed by atoms with Crippen molar-refractivity contribution < 1.29 is 28.5 Å². The van der Waals surface area contributed by atoms with Gasteiger partial charge in [-0.15, -0.1) is 0 Å². The van der Waals surface area contributed by atoms with Crippen molar-refractivity contribution in [3.63, 3.8) is 0 Å². The largest absolute Gasteiger partial charge is 0.467 e. The maximum absolute atomic E-state index is 12.5. The molecule has 0 amide bonds. The Morgan fingerprint density at radius 1 is 1.04 bits per heavy atom. The number of rotatable bonds is 6. The van der Waals surface area contributed by atoms with Gasteiger partial charge in [0.25, 0.3) is 0 Å². The Balaban J connectivity index is 1.74. The van der Waals surface area contributed by atoms with Gasteiger partial charge in [-0.25, -0.2) is 9.59 Å². The molecule has 148 valence electrons. The van der Waals surface area contributed by atoms with Crippen LogP contribution < -0.4 is 0 Å². The molecule has 1 fully saturated rings. The lowest BCUT2D eigenvalue weighted by molar-refractivity contribution is -0.197. The maximum atomic E-state index is 12.5. The van der Waals surface area contributed by atoms with Gasteiger partial charge in [-0.3, -0.25) is 0 Å². The molecule has 0 bridgehead atoms. The van der Waals surface area contributed by atoms with E-state index in [9.17, 15) is 9.59 Å². The molecule has 0 radical (unpaired) electrons. The number of esters is 2. The minimum Gasteiger partial charge on any atom is -0.467 e. The Bertz CT molecular complexity index is 776. The molecule has 0 spiro atoms. The van der Waals surface area contributed by atoms with Crippen molar-refractivity contribution in [2.45, 2.75) is 31.8 Å². The van der Waals surface area contributed by atoms with E-state index in [1.807, 2.05) is 43.3 Å². The van der Waals surface area contributed by atoms with Crippen molar-refractivity contribution in [2.24, 2.45) is 5.92 Å². The predicted octanol–water partition coefficient (Wildman–Crippen LogP) is 3.01. The highest BCUT2D eigenvalue weighted by Gasteiger charge is 2.44. The van der Waals surface area contributed by atoms with Gasteiger partial charge < -0.3 is 18.9 Å². The van der Waals surface area contributed by atoms with Gasteiger partial charge >= 0.3 is 11.9 Å². The molecule has 1 heterocycles. The summed E-state index contributed by atoms with van der Waals surface area (Å²) in [6.07, 6.45) is -1.91. The maximum Gasteiger partial charge on any atom is 0.338 e. The van der Waals surface area contributed by atoms with E-state index in [0.29, 0.717) is 12.2 Å². The number of methoxy groups -OCH3 is 1. The first kappa shape index (κ1) is 20.0. The zero-order valence-corrected chi connectivity index (χ0v) is 15.9. The predicted molar refractivity (Wildman–Crippen MR) is 102 cm³/mol. The van der Waals surface area contributed by atoms with Gasteiger partial charge in [0.05, 0.1) is 25.9 Å². The van der Waals surface area contributed by atoms with Crippen molar-refractivity contribution in [2.75, 3.05) is 13.7 Å². The molecular weight excluding hydrogens is 360 g/mol. The molecule has 28 heavy (non-hydrogen) atoms. The lowest BCUT2D eigenvalue weighted by atomic mass is 9.91. The molecule has 0 aromatic heterocycles.